The van der Waals surface area contributed by atoms with E-state index < -0.39 is 0 Å². The van der Waals surface area contributed by atoms with Crippen molar-refractivity contribution in [3.05, 3.63) is 24.3 Å². The van der Waals surface area contributed by atoms with Crippen LogP contribution in [0.15, 0.2) is 24.3 Å². The molecule has 16 heavy (non-hydrogen) atoms. The minimum absolute atomic E-state index is 0.230. The first-order valence-corrected chi connectivity index (χ1v) is 5.32. The number of hydrogen-bond acceptors (Lipinski definition) is 4. The summed E-state index contributed by atoms with van der Waals surface area (Å²) in [6.07, 6.45) is -0.230. The second kappa shape index (κ2) is 7.09. The van der Waals surface area contributed by atoms with Crippen molar-refractivity contribution in [1.29, 1.82) is 0 Å². The highest BCUT2D eigenvalue weighted by atomic mass is 16.7. The molecule has 0 bridgehead atoms. The van der Waals surface area contributed by atoms with Crippen LogP contribution in [0.2, 0.25) is 0 Å². The van der Waals surface area contributed by atoms with Crippen LogP contribution in [0.5, 0.6) is 5.75 Å². The van der Waals surface area contributed by atoms with Gasteiger partial charge in [-0.3, -0.25) is 0 Å². The highest BCUT2D eigenvalue weighted by Gasteiger charge is 2.03. The van der Waals surface area contributed by atoms with Crippen molar-refractivity contribution in [3.63, 3.8) is 0 Å². The number of benzene rings is 1. The second-order valence-corrected chi connectivity index (χ2v) is 3.24. The maximum Gasteiger partial charge on any atom is 0.173 e. The fourth-order valence-corrected chi connectivity index (χ4v) is 1.30. The molecule has 0 radical (unpaired) electrons. The Morgan fingerprint density at radius 2 is 1.75 bits per heavy atom. The molecule has 0 unspecified atom stereocenters. The molecule has 1 N–H and O–H groups in total. The molecule has 0 atom stereocenters. The molecule has 90 valence electrons. The molecule has 0 aliphatic rings. The zero-order valence-corrected chi connectivity index (χ0v) is 10.0. The van der Waals surface area contributed by atoms with Crippen LogP contribution in [0.25, 0.3) is 0 Å². The molecular formula is C12H19NO3. The van der Waals surface area contributed by atoms with Crippen LogP contribution in [-0.4, -0.2) is 33.7 Å². The predicted octanol–water partition coefficient (Wildman–Crippen LogP) is 2.12. The van der Waals surface area contributed by atoms with Gasteiger partial charge >= 0.3 is 0 Å². The lowest BCUT2D eigenvalue weighted by Crippen LogP contribution is -2.23. The summed E-state index contributed by atoms with van der Waals surface area (Å²) in [5.41, 5.74) is 1.02. The molecule has 1 rings (SSSR count). The minimum atomic E-state index is -0.230. The van der Waals surface area contributed by atoms with Crippen molar-refractivity contribution in [2.24, 2.45) is 0 Å². The maximum atomic E-state index is 5.35. The Kier molecular flexibility index (Phi) is 5.67. The maximum absolute atomic E-state index is 5.35. The number of hydrogen-bond donors (Lipinski definition) is 1. The molecule has 1 aromatic carbocycles. The quantitative estimate of drug-likeness (QED) is 0.721. The largest absolute Gasteiger partial charge is 0.494 e. The highest BCUT2D eigenvalue weighted by Crippen LogP contribution is 2.15. The van der Waals surface area contributed by atoms with Gasteiger partial charge < -0.3 is 19.5 Å². The van der Waals surface area contributed by atoms with Crippen molar-refractivity contribution in [2.75, 3.05) is 32.7 Å². The first kappa shape index (κ1) is 12.8. The van der Waals surface area contributed by atoms with E-state index >= 15 is 0 Å². The van der Waals surface area contributed by atoms with E-state index in [1.165, 1.54) is 0 Å². The first-order valence-electron chi connectivity index (χ1n) is 5.32. The van der Waals surface area contributed by atoms with E-state index in [1.807, 2.05) is 31.2 Å². The number of rotatable bonds is 7. The van der Waals surface area contributed by atoms with Crippen LogP contribution < -0.4 is 10.1 Å². The highest BCUT2D eigenvalue weighted by molar-refractivity contribution is 5.46. The van der Waals surface area contributed by atoms with Crippen molar-refractivity contribution < 1.29 is 14.2 Å². The Bertz CT molecular complexity index is 283. The summed E-state index contributed by atoms with van der Waals surface area (Å²) in [4.78, 5) is 0. The van der Waals surface area contributed by atoms with Crippen LogP contribution in [0.4, 0.5) is 5.69 Å². The third-order valence-electron chi connectivity index (χ3n) is 2.16. The summed E-state index contributed by atoms with van der Waals surface area (Å²) < 4.78 is 15.5. The average Bonchev–Trinajstić information content (AvgIpc) is 2.33. The summed E-state index contributed by atoms with van der Waals surface area (Å²) in [6.45, 7) is 3.26. The predicted molar refractivity (Wildman–Crippen MR) is 63.9 cm³/mol. The molecule has 0 aliphatic heterocycles. The molecule has 0 fully saturated rings. The number of nitrogens with one attached hydrogen (secondary N) is 1. The zero-order chi connectivity index (χ0) is 11.8. The Labute approximate surface area is 96.5 Å². The number of anilines is 1. The topological polar surface area (TPSA) is 39.7 Å². The lowest BCUT2D eigenvalue weighted by Gasteiger charge is -2.15. The lowest BCUT2D eigenvalue weighted by atomic mass is 10.3. The van der Waals surface area contributed by atoms with Crippen LogP contribution >= 0.6 is 0 Å². The van der Waals surface area contributed by atoms with Gasteiger partial charge in [-0.1, -0.05) is 0 Å². The normalized spacial score (nSPS) is 10.5. The fraction of sp³-hybridized carbons (Fsp3) is 0.500. The molecule has 4 heteroatoms. The SMILES string of the molecule is CCOc1ccc(NCC(OC)OC)cc1. The third-order valence-corrected chi connectivity index (χ3v) is 2.16. The Hall–Kier alpha value is -1.26. The first-order chi connectivity index (χ1) is 7.80. The molecule has 0 saturated heterocycles. The summed E-state index contributed by atoms with van der Waals surface area (Å²) >= 11 is 0. The summed E-state index contributed by atoms with van der Waals surface area (Å²) in [5.74, 6) is 0.878. The van der Waals surface area contributed by atoms with Crippen LogP contribution in [-0.2, 0) is 9.47 Å². The lowest BCUT2D eigenvalue weighted by molar-refractivity contribution is -0.0914. The molecule has 1 aromatic rings. The van der Waals surface area contributed by atoms with Crippen LogP contribution in [0.3, 0.4) is 0 Å². The number of methoxy groups -OCH3 is 2. The summed E-state index contributed by atoms with van der Waals surface area (Å²) in [6, 6.07) is 7.79. The van der Waals surface area contributed by atoms with Gasteiger partial charge in [-0.25, -0.2) is 0 Å². The van der Waals surface area contributed by atoms with Gasteiger partial charge in [0.2, 0.25) is 0 Å². The van der Waals surface area contributed by atoms with Gasteiger partial charge in [0.15, 0.2) is 6.29 Å². The fourth-order valence-electron chi connectivity index (χ4n) is 1.30. The van der Waals surface area contributed by atoms with E-state index in [2.05, 4.69) is 5.32 Å². The van der Waals surface area contributed by atoms with E-state index in [4.69, 9.17) is 14.2 Å². The summed E-state index contributed by atoms with van der Waals surface area (Å²) in [5, 5.41) is 3.21. The number of ether oxygens (including phenoxy) is 3. The van der Waals surface area contributed by atoms with Crippen molar-refractivity contribution in [3.8, 4) is 5.75 Å². The smallest absolute Gasteiger partial charge is 0.173 e. The molecular weight excluding hydrogens is 206 g/mol. The standard InChI is InChI=1S/C12H19NO3/c1-4-16-11-7-5-10(6-8-11)13-9-12(14-2)15-3/h5-8,12-13H,4,9H2,1-3H3. The van der Waals surface area contributed by atoms with Gasteiger partial charge in [0.1, 0.15) is 5.75 Å². The molecule has 4 nitrogen and oxygen atoms in total. The molecule has 0 spiro atoms. The Morgan fingerprint density at radius 3 is 2.25 bits per heavy atom. The van der Waals surface area contributed by atoms with E-state index in [0.717, 1.165) is 11.4 Å². The van der Waals surface area contributed by atoms with E-state index in [-0.39, 0.29) is 6.29 Å². The molecule has 0 saturated carbocycles. The van der Waals surface area contributed by atoms with Gasteiger partial charge in [0, 0.05) is 19.9 Å². The van der Waals surface area contributed by atoms with Crippen molar-refractivity contribution in [1.82, 2.24) is 0 Å². The van der Waals surface area contributed by atoms with Crippen molar-refractivity contribution in [2.45, 2.75) is 13.2 Å². The summed E-state index contributed by atoms with van der Waals surface area (Å²) in [7, 11) is 3.24. The Balaban J connectivity index is 2.42. The Morgan fingerprint density at radius 1 is 1.12 bits per heavy atom. The van der Waals surface area contributed by atoms with Crippen molar-refractivity contribution >= 4 is 5.69 Å². The van der Waals surface area contributed by atoms with Gasteiger partial charge in [-0.05, 0) is 31.2 Å². The van der Waals surface area contributed by atoms with Crippen LogP contribution in [0, 0.1) is 0 Å². The third kappa shape index (κ3) is 4.08. The monoisotopic (exact) mass is 225 g/mol. The van der Waals surface area contributed by atoms with Crippen LogP contribution in [0.1, 0.15) is 6.92 Å². The molecule has 0 heterocycles. The van der Waals surface area contributed by atoms with Gasteiger partial charge in [-0.15, -0.1) is 0 Å². The molecule has 0 amide bonds. The van der Waals surface area contributed by atoms with E-state index in [0.29, 0.717) is 13.2 Å². The van der Waals surface area contributed by atoms with Gasteiger partial charge in [-0.2, -0.15) is 0 Å². The molecule has 0 aliphatic carbocycles. The minimum Gasteiger partial charge on any atom is -0.494 e. The second-order valence-electron chi connectivity index (χ2n) is 3.24. The average molecular weight is 225 g/mol. The zero-order valence-electron chi connectivity index (χ0n) is 10.0. The van der Waals surface area contributed by atoms with Gasteiger partial charge in [0.25, 0.3) is 0 Å². The van der Waals surface area contributed by atoms with Gasteiger partial charge in [0.05, 0.1) is 13.2 Å². The van der Waals surface area contributed by atoms with E-state index in [9.17, 15) is 0 Å². The molecule has 0 aromatic heterocycles. The van der Waals surface area contributed by atoms with E-state index in [1.54, 1.807) is 14.2 Å².